The van der Waals surface area contributed by atoms with Crippen LogP contribution in [0, 0.1) is 34.6 Å². The summed E-state index contributed by atoms with van der Waals surface area (Å²) in [4.78, 5) is 17.7. The van der Waals surface area contributed by atoms with E-state index in [9.17, 15) is 13.2 Å². The van der Waals surface area contributed by atoms with Crippen molar-refractivity contribution in [3.63, 3.8) is 0 Å². The second-order valence-electron chi connectivity index (χ2n) is 7.03. The van der Waals surface area contributed by atoms with Crippen LogP contribution in [0.25, 0.3) is 10.6 Å². The lowest BCUT2D eigenvalue weighted by Gasteiger charge is -2.12. The molecule has 0 spiro atoms. The first-order valence-corrected chi connectivity index (χ1v) is 11.5. The number of sulfonamides is 1. The van der Waals surface area contributed by atoms with Crippen molar-refractivity contribution >= 4 is 21.4 Å². The monoisotopic (exact) mass is 432 g/mol. The topological polar surface area (TPSA) is 94.0 Å². The van der Waals surface area contributed by atoms with Gasteiger partial charge in [0.1, 0.15) is 5.69 Å². The van der Waals surface area contributed by atoms with Crippen molar-refractivity contribution in [1.29, 1.82) is 0 Å². The Balaban J connectivity index is 1.78. The second-order valence-corrected chi connectivity index (χ2v) is 9.97. The molecule has 0 unspecified atom stereocenters. The minimum atomic E-state index is -3.68. The number of hydrogen-bond acceptors (Lipinski definition) is 6. The van der Waals surface area contributed by atoms with E-state index in [1.807, 2.05) is 33.8 Å². The quantitative estimate of drug-likeness (QED) is 0.646. The van der Waals surface area contributed by atoms with Gasteiger partial charge in [-0.1, -0.05) is 6.07 Å². The van der Waals surface area contributed by atoms with Crippen LogP contribution in [0.4, 0.5) is 0 Å². The summed E-state index contributed by atoms with van der Waals surface area (Å²) in [5.74, 6) is 0. The van der Waals surface area contributed by atoms with Crippen molar-refractivity contribution in [1.82, 2.24) is 19.5 Å². The zero-order valence-electron chi connectivity index (χ0n) is 17.1. The van der Waals surface area contributed by atoms with Crippen molar-refractivity contribution in [2.45, 2.75) is 46.1 Å². The lowest BCUT2D eigenvalue weighted by atomic mass is 10.1. The van der Waals surface area contributed by atoms with E-state index in [0.29, 0.717) is 11.3 Å². The molecule has 2 heterocycles. The van der Waals surface area contributed by atoms with Gasteiger partial charge in [-0.3, -0.25) is 4.79 Å². The smallest absolute Gasteiger partial charge is 0.266 e. The van der Waals surface area contributed by atoms with E-state index in [-0.39, 0.29) is 23.5 Å². The molecule has 0 aliphatic rings. The van der Waals surface area contributed by atoms with Gasteiger partial charge in [0.05, 0.1) is 27.0 Å². The Hall–Kier alpha value is -2.36. The SMILES string of the molecule is Cc1nc(C)c(-c2ccc(=O)n(CCNS(=O)(=O)c3cc(C)c(C)cc3C)n2)s1. The van der Waals surface area contributed by atoms with Gasteiger partial charge in [0, 0.05) is 12.6 Å². The highest BCUT2D eigenvalue weighted by Gasteiger charge is 2.18. The van der Waals surface area contributed by atoms with E-state index in [4.69, 9.17) is 0 Å². The fourth-order valence-electron chi connectivity index (χ4n) is 3.09. The average Bonchev–Trinajstić information content (AvgIpc) is 2.97. The first kappa shape index (κ1) is 21.4. The molecule has 1 N–H and O–H groups in total. The second kappa shape index (κ2) is 8.17. The summed E-state index contributed by atoms with van der Waals surface area (Å²) in [6.45, 7) is 9.61. The van der Waals surface area contributed by atoms with Crippen molar-refractivity contribution in [3.8, 4) is 10.6 Å². The van der Waals surface area contributed by atoms with E-state index >= 15 is 0 Å². The number of aryl methyl sites for hydroxylation is 5. The zero-order valence-corrected chi connectivity index (χ0v) is 18.7. The fraction of sp³-hybridized carbons (Fsp3) is 0.350. The first-order chi connectivity index (χ1) is 13.6. The molecular formula is C20H24N4O3S2. The molecule has 0 fully saturated rings. The molecule has 9 heteroatoms. The number of rotatable bonds is 6. The summed E-state index contributed by atoms with van der Waals surface area (Å²) in [6, 6.07) is 6.64. The van der Waals surface area contributed by atoms with Crippen molar-refractivity contribution in [2.75, 3.05) is 6.54 Å². The molecule has 0 radical (unpaired) electrons. The summed E-state index contributed by atoms with van der Waals surface area (Å²) in [5.41, 5.74) is 3.87. The maximum absolute atomic E-state index is 12.7. The standard InChI is InChI=1S/C20H24N4O3S2/c1-12-10-14(3)18(11-13(12)2)29(26,27)21-8-9-24-19(25)7-6-17(23-24)20-15(4)22-16(5)28-20/h6-7,10-11,21H,8-9H2,1-5H3. The molecule has 0 atom stereocenters. The van der Waals surface area contributed by atoms with Crippen LogP contribution in [-0.4, -0.2) is 29.7 Å². The van der Waals surface area contributed by atoms with Gasteiger partial charge in [0.2, 0.25) is 10.0 Å². The van der Waals surface area contributed by atoms with Crippen LogP contribution >= 0.6 is 11.3 Å². The third kappa shape index (κ3) is 4.63. The third-order valence-corrected chi connectivity index (χ3v) is 7.40. The summed E-state index contributed by atoms with van der Waals surface area (Å²) >= 11 is 1.51. The van der Waals surface area contributed by atoms with Crippen LogP contribution in [0.5, 0.6) is 0 Å². The van der Waals surface area contributed by atoms with Gasteiger partial charge in [-0.05, 0) is 63.4 Å². The van der Waals surface area contributed by atoms with Crippen LogP contribution in [0.15, 0.2) is 34.0 Å². The Morgan fingerprint density at radius 1 is 1.03 bits per heavy atom. The third-order valence-electron chi connectivity index (χ3n) is 4.70. The molecule has 3 rings (SSSR count). The Kier molecular flexibility index (Phi) is 6.02. The maximum Gasteiger partial charge on any atom is 0.266 e. The van der Waals surface area contributed by atoms with Crippen LogP contribution < -0.4 is 10.3 Å². The van der Waals surface area contributed by atoms with Gasteiger partial charge in [0.25, 0.3) is 5.56 Å². The predicted octanol–water partition coefficient (Wildman–Crippen LogP) is 2.89. The highest BCUT2D eigenvalue weighted by atomic mass is 32.2. The minimum absolute atomic E-state index is 0.0613. The molecule has 3 aromatic rings. The van der Waals surface area contributed by atoms with Gasteiger partial charge < -0.3 is 0 Å². The lowest BCUT2D eigenvalue weighted by Crippen LogP contribution is -2.32. The normalized spacial score (nSPS) is 11.8. The Labute approximate surface area is 174 Å². The number of nitrogens with zero attached hydrogens (tertiary/aromatic N) is 3. The van der Waals surface area contributed by atoms with Crippen LogP contribution in [0.2, 0.25) is 0 Å². The highest BCUT2D eigenvalue weighted by Crippen LogP contribution is 2.27. The Morgan fingerprint density at radius 3 is 2.38 bits per heavy atom. The summed E-state index contributed by atoms with van der Waals surface area (Å²) in [5, 5.41) is 5.32. The van der Waals surface area contributed by atoms with Gasteiger partial charge in [-0.2, -0.15) is 5.10 Å². The van der Waals surface area contributed by atoms with E-state index < -0.39 is 10.0 Å². The van der Waals surface area contributed by atoms with Crippen LogP contribution in [0.1, 0.15) is 27.4 Å². The zero-order chi connectivity index (χ0) is 21.3. The predicted molar refractivity (Wildman–Crippen MR) is 115 cm³/mol. The molecule has 0 aliphatic heterocycles. The van der Waals surface area contributed by atoms with E-state index in [0.717, 1.165) is 26.7 Å². The molecule has 2 aromatic heterocycles. The molecule has 0 saturated carbocycles. The number of nitrogens with one attached hydrogen (secondary N) is 1. The molecule has 154 valence electrons. The lowest BCUT2D eigenvalue weighted by molar-refractivity contribution is 0.548. The Morgan fingerprint density at radius 2 is 1.72 bits per heavy atom. The number of thiazole rings is 1. The van der Waals surface area contributed by atoms with E-state index in [1.165, 1.54) is 22.1 Å². The van der Waals surface area contributed by atoms with Gasteiger partial charge in [-0.15, -0.1) is 11.3 Å². The van der Waals surface area contributed by atoms with Crippen molar-refractivity contribution in [3.05, 3.63) is 62.0 Å². The van der Waals surface area contributed by atoms with E-state index in [2.05, 4.69) is 14.8 Å². The molecule has 1 aromatic carbocycles. The van der Waals surface area contributed by atoms with Crippen molar-refractivity contribution in [2.24, 2.45) is 0 Å². The molecule has 0 bridgehead atoms. The number of benzene rings is 1. The highest BCUT2D eigenvalue weighted by molar-refractivity contribution is 7.89. The van der Waals surface area contributed by atoms with Crippen LogP contribution in [-0.2, 0) is 16.6 Å². The number of aromatic nitrogens is 3. The summed E-state index contributed by atoms with van der Waals surface area (Å²) < 4.78 is 29.3. The van der Waals surface area contributed by atoms with E-state index in [1.54, 1.807) is 19.1 Å². The fourth-order valence-corrected chi connectivity index (χ4v) is 5.30. The molecule has 29 heavy (non-hydrogen) atoms. The van der Waals surface area contributed by atoms with Gasteiger partial charge in [-0.25, -0.2) is 22.8 Å². The molecular weight excluding hydrogens is 408 g/mol. The van der Waals surface area contributed by atoms with Crippen molar-refractivity contribution < 1.29 is 8.42 Å². The van der Waals surface area contributed by atoms with Crippen LogP contribution in [0.3, 0.4) is 0 Å². The molecule has 0 aliphatic carbocycles. The maximum atomic E-state index is 12.7. The summed E-state index contributed by atoms with van der Waals surface area (Å²) in [6.07, 6.45) is 0. The van der Waals surface area contributed by atoms with Gasteiger partial charge in [0.15, 0.2) is 0 Å². The first-order valence-electron chi connectivity index (χ1n) is 9.18. The number of hydrogen-bond donors (Lipinski definition) is 1. The summed E-state index contributed by atoms with van der Waals surface area (Å²) in [7, 11) is -3.68. The molecule has 0 amide bonds. The minimum Gasteiger partial charge on any atom is -0.268 e. The Bertz CT molecular complexity index is 1230. The van der Waals surface area contributed by atoms with Gasteiger partial charge >= 0.3 is 0 Å². The largest absolute Gasteiger partial charge is 0.268 e. The molecule has 7 nitrogen and oxygen atoms in total. The average molecular weight is 433 g/mol. The molecule has 0 saturated heterocycles.